The fraction of sp³-hybridized carbons (Fsp3) is 1.00. The van der Waals surface area contributed by atoms with E-state index >= 15 is 0 Å². The second kappa shape index (κ2) is 5.42. The zero-order valence-corrected chi connectivity index (χ0v) is 9.52. The summed E-state index contributed by atoms with van der Waals surface area (Å²) in [6, 6.07) is 0. The van der Waals surface area contributed by atoms with Gasteiger partial charge in [0.15, 0.2) is 0 Å². The van der Waals surface area contributed by atoms with Crippen LogP contribution < -0.4 is 0 Å². The van der Waals surface area contributed by atoms with Gasteiger partial charge in [-0.1, -0.05) is 51.9 Å². The highest BCUT2D eigenvalue weighted by Crippen LogP contribution is 2.28. The Balaban J connectivity index is 2.05. The molecule has 0 atom stereocenters. The Morgan fingerprint density at radius 1 is 1.18 bits per heavy atom. The van der Waals surface area contributed by atoms with Gasteiger partial charge in [-0.05, 0) is 0 Å². The van der Waals surface area contributed by atoms with Gasteiger partial charge in [-0.15, -0.1) is 8.60 Å². The van der Waals surface area contributed by atoms with E-state index in [9.17, 15) is 0 Å². The molecule has 0 aromatic carbocycles. The summed E-state index contributed by atoms with van der Waals surface area (Å²) in [6.45, 7) is 4.74. The Bertz CT molecular complexity index is 93.0. The Hall–Kier alpha value is 0.766. The monoisotopic (exact) mass is 164 g/mol. The molecule has 1 heteroatoms. The molecule has 0 aromatic rings. The van der Waals surface area contributed by atoms with Crippen molar-refractivity contribution in [3.63, 3.8) is 0 Å². The van der Waals surface area contributed by atoms with E-state index < -0.39 is 0 Å². The van der Waals surface area contributed by atoms with Gasteiger partial charge >= 0.3 is 20.4 Å². The van der Waals surface area contributed by atoms with Gasteiger partial charge in [0.2, 0.25) is 0 Å². The van der Waals surface area contributed by atoms with Crippen LogP contribution in [0.3, 0.4) is 0 Å². The molecule has 0 saturated heterocycles. The van der Waals surface area contributed by atoms with E-state index in [0.717, 1.165) is 5.92 Å². The highest BCUT2D eigenvalue weighted by atomic mass is 24.5. The van der Waals surface area contributed by atoms with Crippen LogP contribution in [-0.4, -0.2) is 20.4 Å². The minimum atomic E-state index is 0.318. The van der Waals surface area contributed by atoms with Crippen molar-refractivity contribution < 1.29 is 0 Å². The van der Waals surface area contributed by atoms with Gasteiger partial charge in [-0.25, -0.2) is 0 Å². The molecule has 0 unspecified atom stereocenters. The highest BCUT2D eigenvalue weighted by molar-refractivity contribution is 6.37. The van der Waals surface area contributed by atoms with E-state index in [1.165, 1.54) is 23.3 Å². The molecule has 62 valence electrons. The predicted molar refractivity (Wildman–Crippen MR) is 52.2 cm³/mol. The van der Waals surface area contributed by atoms with Gasteiger partial charge in [0.1, 0.15) is 0 Å². The highest BCUT2D eigenvalue weighted by Gasteiger charge is 2.15. The zero-order valence-electron chi connectivity index (χ0n) is 8.10. The summed E-state index contributed by atoms with van der Waals surface area (Å²) >= 11 is 0.318. The average molecular weight is 165 g/mol. The van der Waals surface area contributed by atoms with Crippen molar-refractivity contribution in [2.75, 3.05) is 0 Å². The number of hydrogen-bond donors (Lipinski definition) is 0. The quantitative estimate of drug-likeness (QED) is 0.560. The molecule has 1 fully saturated rings. The predicted octanol–water partition coefficient (Wildman–Crippen LogP) is 3.52. The standard InChI is InChI=1S/C6H11.C4H9.Mg/c1-2-4-6-5-3-1;1-4(2)3;/h1H,2-6H2;4H,1H2,2-3H3;. The zero-order chi connectivity index (χ0) is 8.10. The fourth-order valence-corrected chi connectivity index (χ4v) is 4.34. The molecule has 0 spiro atoms. The Morgan fingerprint density at radius 3 is 2.36 bits per heavy atom. The van der Waals surface area contributed by atoms with E-state index in [-0.39, 0.29) is 0 Å². The van der Waals surface area contributed by atoms with E-state index in [2.05, 4.69) is 13.8 Å². The second-order valence-electron chi connectivity index (χ2n) is 4.48. The van der Waals surface area contributed by atoms with Crippen LogP contribution in [0.4, 0.5) is 0 Å². The maximum atomic E-state index is 2.37. The molecule has 1 saturated carbocycles. The van der Waals surface area contributed by atoms with Crippen LogP contribution in [-0.2, 0) is 0 Å². The van der Waals surface area contributed by atoms with E-state index in [1.54, 1.807) is 17.4 Å². The Morgan fingerprint density at radius 2 is 1.82 bits per heavy atom. The van der Waals surface area contributed by atoms with Crippen molar-refractivity contribution in [3.05, 3.63) is 0 Å². The smallest absolute Gasteiger partial charge is 0.143 e. The lowest BCUT2D eigenvalue weighted by atomic mass is 10.00. The minimum absolute atomic E-state index is 0.318. The molecule has 0 bridgehead atoms. The molecule has 0 radical (unpaired) electrons. The number of rotatable bonds is 3. The van der Waals surface area contributed by atoms with Crippen molar-refractivity contribution in [2.45, 2.75) is 54.5 Å². The average Bonchev–Trinajstić information content (AvgIpc) is 2.03. The van der Waals surface area contributed by atoms with Gasteiger partial charge in [-0.2, -0.15) is 0 Å². The van der Waals surface area contributed by atoms with Crippen molar-refractivity contribution >= 4 is 20.4 Å². The molecular weight excluding hydrogens is 144 g/mol. The van der Waals surface area contributed by atoms with Crippen LogP contribution in [0.25, 0.3) is 0 Å². The van der Waals surface area contributed by atoms with Crippen molar-refractivity contribution in [1.82, 2.24) is 0 Å². The lowest BCUT2D eigenvalue weighted by molar-refractivity contribution is 0.498. The third kappa shape index (κ3) is 4.37. The van der Waals surface area contributed by atoms with Crippen LogP contribution in [0.2, 0.25) is 8.60 Å². The SMILES string of the molecule is CC(C)[CH2][Mg][CH]1CCCCC1. The molecular formula is C10H20Mg. The third-order valence-corrected chi connectivity index (χ3v) is 6.00. The first-order chi connectivity index (χ1) is 5.29. The minimum Gasteiger partial charge on any atom is -0.143 e. The molecule has 0 aromatic heterocycles. The van der Waals surface area contributed by atoms with Crippen LogP contribution in [0.15, 0.2) is 0 Å². The Labute approximate surface area is 80.9 Å². The summed E-state index contributed by atoms with van der Waals surface area (Å²) in [5, 5.41) is 0. The van der Waals surface area contributed by atoms with E-state index in [0.29, 0.717) is 20.4 Å². The van der Waals surface area contributed by atoms with Gasteiger partial charge in [0.05, 0.1) is 0 Å². The van der Waals surface area contributed by atoms with Crippen molar-refractivity contribution in [1.29, 1.82) is 0 Å². The van der Waals surface area contributed by atoms with Gasteiger partial charge in [0.25, 0.3) is 0 Å². The first kappa shape index (κ1) is 9.85. The van der Waals surface area contributed by atoms with Crippen LogP contribution in [0.5, 0.6) is 0 Å². The normalized spacial score (nSPS) is 20.3. The van der Waals surface area contributed by atoms with Crippen LogP contribution in [0.1, 0.15) is 46.0 Å². The molecule has 0 amide bonds. The molecule has 0 aliphatic heterocycles. The molecule has 0 N–H and O–H groups in total. The van der Waals surface area contributed by atoms with Gasteiger partial charge in [-0.3, -0.25) is 0 Å². The molecule has 1 rings (SSSR count). The molecule has 1 aliphatic rings. The van der Waals surface area contributed by atoms with Crippen molar-refractivity contribution in [2.24, 2.45) is 5.92 Å². The van der Waals surface area contributed by atoms with Crippen LogP contribution in [0, 0.1) is 5.92 Å². The first-order valence-electron chi connectivity index (χ1n) is 5.29. The van der Waals surface area contributed by atoms with Crippen LogP contribution >= 0.6 is 0 Å². The lowest BCUT2D eigenvalue weighted by Gasteiger charge is -2.21. The third-order valence-electron chi connectivity index (χ3n) is 2.88. The molecule has 1 aliphatic carbocycles. The van der Waals surface area contributed by atoms with Gasteiger partial charge in [0, 0.05) is 0 Å². The van der Waals surface area contributed by atoms with Crippen molar-refractivity contribution in [3.8, 4) is 0 Å². The summed E-state index contributed by atoms with van der Waals surface area (Å²) in [6.07, 6.45) is 7.76. The maximum absolute atomic E-state index is 2.37. The van der Waals surface area contributed by atoms with Gasteiger partial charge < -0.3 is 0 Å². The summed E-state index contributed by atoms with van der Waals surface area (Å²) in [5.74, 6) is 0.976. The molecule has 0 nitrogen and oxygen atoms in total. The topological polar surface area (TPSA) is 0 Å². The van der Waals surface area contributed by atoms with E-state index in [4.69, 9.17) is 0 Å². The fourth-order valence-electron chi connectivity index (χ4n) is 2.04. The summed E-state index contributed by atoms with van der Waals surface area (Å²) in [7, 11) is 0. The lowest BCUT2D eigenvalue weighted by Crippen LogP contribution is -2.09. The summed E-state index contributed by atoms with van der Waals surface area (Å²) in [4.78, 5) is 0. The Kier molecular flexibility index (Phi) is 4.85. The summed E-state index contributed by atoms with van der Waals surface area (Å²) < 4.78 is 2.82. The molecule has 11 heavy (non-hydrogen) atoms. The second-order valence-corrected chi connectivity index (χ2v) is 6.78. The maximum Gasteiger partial charge on any atom is 0.369 e. The number of hydrogen-bond acceptors (Lipinski definition) is 0. The summed E-state index contributed by atoms with van der Waals surface area (Å²) in [5.41, 5.74) is 0. The van der Waals surface area contributed by atoms with E-state index in [1.807, 2.05) is 0 Å². The first-order valence-corrected chi connectivity index (χ1v) is 7.10. The molecule has 0 heterocycles. The largest absolute Gasteiger partial charge is 0.369 e.